The maximum atomic E-state index is 12.8. The second kappa shape index (κ2) is 10.1. The largest absolute Gasteiger partial charge is 0.465 e. The molecule has 3 aromatic carbocycles. The summed E-state index contributed by atoms with van der Waals surface area (Å²) in [7, 11) is 0. The summed E-state index contributed by atoms with van der Waals surface area (Å²) in [5.41, 5.74) is 4.79. The minimum absolute atomic E-state index is 0.0465. The zero-order valence-corrected chi connectivity index (χ0v) is 18.8. The van der Waals surface area contributed by atoms with E-state index in [4.69, 9.17) is 4.74 Å². The van der Waals surface area contributed by atoms with Gasteiger partial charge in [0.2, 0.25) is 5.91 Å². The van der Waals surface area contributed by atoms with E-state index < -0.39 is 0 Å². The number of carbonyl (C=O) groups is 2. The van der Waals surface area contributed by atoms with Crippen LogP contribution in [0.4, 0.5) is 0 Å². The number of para-hydroxylation sites is 2. The van der Waals surface area contributed by atoms with E-state index in [1.165, 1.54) is 0 Å². The van der Waals surface area contributed by atoms with Crippen LogP contribution in [0.1, 0.15) is 31.3 Å². The fourth-order valence-electron chi connectivity index (χ4n) is 3.91. The molecule has 6 heteroatoms. The van der Waals surface area contributed by atoms with Crippen LogP contribution in [0, 0.1) is 0 Å². The molecule has 1 N–H and O–H groups in total. The van der Waals surface area contributed by atoms with Gasteiger partial charge < -0.3 is 14.6 Å². The first kappa shape index (κ1) is 22.3. The van der Waals surface area contributed by atoms with Gasteiger partial charge >= 0.3 is 5.97 Å². The molecule has 1 atom stereocenters. The lowest BCUT2D eigenvalue weighted by Crippen LogP contribution is -2.30. The van der Waals surface area contributed by atoms with Crippen molar-refractivity contribution in [1.29, 1.82) is 0 Å². The molecule has 33 heavy (non-hydrogen) atoms. The van der Waals surface area contributed by atoms with E-state index in [9.17, 15) is 9.59 Å². The summed E-state index contributed by atoms with van der Waals surface area (Å²) in [4.78, 5) is 29.6. The number of nitrogens with one attached hydrogen (secondary N) is 1. The molecule has 4 aromatic rings. The molecule has 1 aromatic heterocycles. The van der Waals surface area contributed by atoms with E-state index in [1.54, 1.807) is 6.92 Å². The molecule has 1 amide bonds. The van der Waals surface area contributed by atoms with Crippen molar-refractivity contribution >= 4 is 22.9 Å². The molecule has 0 aliphatic rings. The Bertz CT molecular complexity index is 1250. The zero-order chi connectivity index (χ0) is 23.2. The van der Waals surface area contributed by atoms with Gasteiger partial charge in [-0.15, -0.1) is 0 Å². The molecule has 1 unspecified atom stereocenters. The van der Waals surface area contributed by atoms with E-state index in [0.29, 0.717) is 12.4 Å². The van der Waals surface area contributed by atoms with E-state index in [0.717, 1.165) is 27.7 Å². The number of hydrogen-bond donors (Lipinski definition) is 1. The standard InChI is InChI=1S/C27H27N3O3/c1-3-33-26(32)18-30-24-12-8-7-11-23(24)29-27(30)19(2)28-25(31)17-20-13-15-22(16-14-20)21-9-5-4-6-10-21/h4-16,19H,3,17-18H2,1-2H3,(H,28,31). The van der Waals surface area contributed by atoms with Gasteiger partial charge in [-0.25, -0.2) is 4.98 Å². The maximum Gasteiger partial charge on any atom is 0.326 e. The van der Waals surface area contributed by atoms with Crippen LogP contribution < -0.4 is 5.32 Å². The van der Waals surface area contributed by atoms with Gasteiger partial charge in [-0.2, -0.15) is 0 Å². The maximum absolute atomic E-state index is 12.8. The van der Waals surface area contributed by atoms with Crippen LogP contribution in [0.2, 0.25) is 0 Å². The Kier molecular flexibility index (Phi) is 6.83. The van der Waals surface area contributed by atoms with Crippen molar-refractivity contribution in [2.75, 3.05) is 6.61 Å². The summed E-state index contributed by atoms with van der Waals surface area (Å²) in [6.45, 7) is 4.01. The van der Waals surface area contributed by atoms with Crippen molar-refractivity contribution in [3.8, 4) is 11.1 Å². The quantitative estimate of drug-likeness (QED) is 0.403. The highest BCUT2D eigenvalue weighted by Crippen LogP contribution is 2.22. The molecule has 0 saturated heterocycles. The fourth-order valence-corrected chi connectivity index (χ4v) is 3.91. The predicted octanol–water partition coefficient (Wildman–Crippen LogP) is 4.69. The number of hydrogen-bond acceptors (Lipinski definition) is 4. The molecule has 0 radical (unpaired) electrons. The van der Waals surface area contributed by atoms with Gasteiger partial charge in [0.15, 0.2) is 0 Å². The monoisotopic (exact) mass is 441 g/mol. The van der Waals surface area contributed by atoms with Crippen LogP contribution in [0.15, 0.2) is 78.9 Å². The van der Waals surface area contributed by atoms with E-state index >= 15 is 0 Å². The lowest BCUT2D eigenvalue weighted by Gasteiger charge is -2.16. The van der Waals surface area contributed by atoms with E-state index in [2.05, 4.69) is 22.4 Å². The minimum atomic E-state index is -0.372. The van der Waals surface area contributed by atoms with E-state index in [-0.39, 0.29) is 30.9 Å². The number of rotatable bonds is 8. The van der Waals surface area contributed by atoms with Crippen molar-refractivity contribution in [3.05, 3.63) is 90.3 Å². The molecular weight excluding hydrogens is 414 g/mol. The Morgan fingerprint density at radius 1 is 0.939 bits per heavy atom. The smallest absolute Gasteiger partial charge is 0.326 e. The number of esters is 1. The Hall–Kier alpha value is -3.93. The third-order valence-electron chi connectivity index (χ3n) is 5.47. The van der Waals surface area contributed by atoms with Gasteiger partial charge in [0.05, 0.1) is 30.1 Å². The first-order valence-electron chi connectivity index (χ1n) is 11.1. The topological polar surface area (TPSA) is 73.2 Å². The predicted molar refractivity (Wildman–Crippen MR) is 129 cm³/mol. The van der Waals surface area contributed by atoms with Gasteiger partial charge in [-0.3, -0.25) is 9.59 Å². The Labute approximate surface area is 193 Å². The summed E-state index contributed by atoms with van der Waals surface area (Å²) >= 11 is 0. The lowest BCUT2D eigenvalue weighted by molar-refractivity contribution is -0.143. The molecule has 6 nitrogen and oxygen atoms in total. The fraction of sp³-hybridized carbons (Fsp3) is 0.222. The average molecular weight is 442 g/mol. The van der Waals surface area contributed by atoms with Gasteiger partial charge in [0.25, 0.3) is 0 Å². The van der Waals surface area contributed by atoms with Crippen molar-refractivity contribution in [2.24, 2.45) is 0 Å². The third-order valence-corrected chi connectivity index (χ3v) is 5.47. The molecule has 0 bridgehead atoms. The van der Waals surface area contributed by atoms with Gasteiger partial charge in [-0.05, 0) is 42.7 Å². The summed E-state index contributed by atoms with van der Waals surface area (Å²) in [5, 5.41) is 3.02. The van der Waals surface area contributed by atoms with Crippen LogP contribution in [0.5, 0.6) is 0 Å². The van der Waals surface area contributed by atoms with Crippen molar-refractivity contribution in [1.82, 2.24) is 14.9 Å². The first-order chi connectivity index (χ1) is 16.0. The molecular formula is C27H27N3O3. The summed E-state index contributed by atoms with van der Waals surface area (Å²) < 4.78 is 6.94. The lowest BCUT2D eigenvalue weighted by atomic mass is 10.0. The van der Waals surface area contributed by atoms with Crippen LogP contribution >= 0.6 is 0 Å². The summed E-state index contributed by atoms with van der Waals surface area (Å²) in [5.74, 6) is 0.181. The Morgan fingerprint density at radius 3 is 2.33 bits per heavy atom. The number of benzene rings is 3. The number of carbonyl (C=O) groups excluding carboxylic acids is 2. The Balaban J connectivity index is 1.47. The van der Waals surface area contributed by atoms with Crippen molar-refractivity contribution < 1.29 is 14.3 Å². The van der Waals surface area contributed by atoms with Crippen LogP contribution in [0.3, 0.4) is 0 Å². The number of nitrogens with zero attached hydrogens (tertiary/aromatic N) is 2. The van der Waals surface area contributed by atoms with Crippen molar-refractivity contribution in [2.45, 2.75) is 32.9 Å². The van der Waals surface area contributed by atoms with Crippen LogP contribution in [-0.4, -0.2) is 28.0 Å². The number of ether oxygens (including phenoxy) is 1. The molecule has 0 spiro atoms. The average Bonchev–Trinajstić information content (AvgIpc) is 3.19. The van der Waals surface area contributed by atoms with Crippen molar-refractivity contribution in [3.63, 3.8) is 0 Å². The van der Waals surface area contributed by atoms with Crippen LogP contribution in [0.25, 0.3) is 22.2 Å². The third kappa shape index (κ3) is 5.29. The molecule has 0 saturated carbocycles. The Morgan fingerprint density at radius 2 is 1.61 bits per heavy atom. The highest BCUT2D eigenvalue weighted by atomic mass is 16.5. The zero-order valence-electron chi connectivity index (χ0n) is 18.8. The minimum Gasteiger partial charge on any atom is -0.465 e. The number of imidazole rings is 1. The number of fused-ring (bicyclic) bond motifs is 1. The summed E-state index contributed by atoms with van der Waals surface area (Å²) in [6.07, 6.45) is 0.261. The SMILES string of the molecule is CCOC(=O)Cn1c(C(C)NC(=O)Cc2ccc(-c3ccccc3)cc2)nc2ccccc21. The first-order valence-corrected chi connectivity index (χ1v) is 11.1. The van der Waals surface area contributed by atoms with Crippen LogP contribution in [-0.2, 0) is 27.3 Å². The number of amides is 1. The highest BCUT2D eigenvalue weighted by Gasteiger charge is 2.20. The second-order valence-electron chi connectivity index (χ2n) is 7.88. The molecule has 0 fully saturated rings. The van der Waals surface area contributed by atoms with E-state index in [1.807, 2.05) is 78.2 Å². The van der Waals surface area contributed by atoms with Gasteiger partial charge in [0, 0.05) is 0 Å². The molecule has 4 rings (SSSR count). The normalized spacial score (nSPS) is 11.8. The molecule has 0 aliphatic heterocycles. The summed E-state index contributed by atoms with van der Waals surface area (Å²) in [6, 6.07) is 25.4. The molecule has 168 valence electrons. The van der Waals surface area contributed by atoms with Gasteiger partial charge in [-0.1, -0.05) is 66.7 Å². The number of aromatic nitrogens is 2. The molecule has 1 heterocycles. The molecule has 0 aliphatic carbocycles. The highest BCUT2D eigenvalue weighted by molar-refractivity contribution is 5.81. The second-order valence-corrected chi connectivity index (χ2v) is 7.88. The van der Waals surface area contributed by atoms with Gasteiger partial charge in [0.1, 0.15) is 12.4 Å².